The zero-order valence-electron chi connectivity index (χ0n) is 29.2. The van der Waals surface area contributed by atoms with Crippen molar-refractivity contribution in [2.24, 2.45) is 0 Å². The number of anilines is 2. The lowest BCUT2D eigenvalue weighted by Crippen LogP contribution is -2.32. The molecular weight excluding hydrogens is 807 g/mol. The van der Waals surface area contributed by atoms with Crippen molar-refractivity contribution in [3.8, 4) is 34.7 Å². The fourth-order valence-electron chi connectivity index (χ4n) is 6.35. The van der Waals surface area contributed by atoms with E-state index < -0.39 is 91.6 Å². The van der Waals surface area contributed by atoms with Crippen molar-refractivity contribution in [3.63, 3.8) is 0 Å². The summed E-state index contributed by atoms with van der Waals surface area (Å²) in [5.41, 5.74) is -3.65. The Hall–Kier alpha value is -6.50. The summed E-state index contributed by atoms with van der Waals surface area (Å²) in [5.74, 6) is -3.06. The van der Waals surface area contributed by atoms with Crippen LogP contribution in [0.1, 0.15) is 35.1 Å². The molecule has 0 radical (unpaired) electrons. The third-order valence-electron chi connectivity index (χ3n) is 9.03. The van der Waals surface area contributed by atoms with E-state index in [1.165, 1.54) is 60.7 Å². The Morgan fingerprint density at radius 3 is 1.22 bits per heavy atom. The van der Waals surface area contributed by atoms with Crippen LogP contribution in [0.5, 0.6) is 0 Å². The van der Waals surface area contributed by atoms with Gasteiger partial charge in [-0.05, 0) is 36.4 Å². The number of imide groups is 2. The smallest absolute Gasteiger partial charge is 0.274 e. The number of nitrogens with zero attached hydrogens (tertiary/aromatic N) is 6. The van der Waals surface area contributed by atoms with Crippen molar-refractivity contribution in [3.05, 3.63) is 119 Å². The second-order valence-electron chi connectivity index (χ2n) is 12.7. The van der Waals surface area contributed by atoms with Crippen molar-refractivity contribution >= 4 is 58.5 Å². The van der Waals surface area contributed by atoms with E-state index in [1.54, 1.807) is 36.4 Å². The molecule has 2 saturated heterocycles. The zero-order chi connectivity index (χ0) is 41.5. The Balaban J connectivity index is 1.12. The largest absolute Gasteiger partial charge is 0.417 e. The Kier molecular flexibility index (Phi) is 10.6. The summed E-state index contributed by atoms with van der Waals surface area (Å²) < 4.78 is 84.6. The van der Waals surface area contributed by atoms with Gasteiger partial charge in [0.2, 0.25) is 23.6 Å². The maximum atomic E-state index is 14.1. The van der Waals surface area contributed by atoms with Gasteiger partial charge in [-0.1, -0.05) is 84.2 Å². The molecule has 58 heavy (non-hydrogen) atoms. The number of carbonyl (C=O) groups excluding carboxylic acids is 4. The van der Waals surface area contributed by atoms with E-state index in [4.69, 9.17) is 0 Å². The van der Waals surface area contributed by atoms with Crippen LogP contribution in [-0.4, -0.2) is 44.1 Å². The molecule has 0 spiro atoms. The summed E-state index contributed by atoms with van der Waals surface area (Å²) in [6.45, 7) is 0. The molecule has 5 aromatic rings. The molecule has 0 bridgehead atoms. The van der Waals surface area contributed by atoms with Gasteiger partial charge in [-0.3, -0.25) is 19.2 Å². The molecule has 2 atom stereocenters. The molecule has 0 N–H and O–H groups in total. The van der Waals surface area contributed by atoms with E-state index >= 15 is 0 Å². The number of hydrogen-bond acceptors (Lipinski definition) is 10. The first-order chi connectivity index (χ1) is 27.6. The summed E-state index contributed by atoms with van der Waals surface area (Å²) in [4.78, 5) is 63.7. The average Bonchev–Trinajstić information content (AvgIpc) is 3.64. The standard InChI is InChI=1S/C40H22F6N6O4S2/c41-39(42,43)27-15-29(21-7-3-1-4-8-21)49-35(25(27)19-47)57-31-17-33(53)51(37(31)55)23-11-13-24(14-12-23)52-34(54)18-32(38(52)56)58-36-26(20-48)28(40(44,45)46)16-30(50-36)22-9-5-2-6-10-22/h1-16,31-32H,17-18H2/t31-,32-/m1/s1. The monoisotopic (exact) mass is 828 g/mol. The van der Waals surface area contributed by atoms with E-state index in [-0.39, 0.29) is 22.8 Å². The Morgan fingerprint density at radius 2 is 0.914 bits per heavy atom. The van der Waals surface area contributed by atoms with Crippen LogP contribution in [0.15, 0.2) is 107 Å². The van der Waals surface area contributed by atoms with Gasteiger partial charge in [0.25, 0.3) is 0 Å². The topological polar surface area (TPSA) is 148 Å². The fourth-order valence-corrected chi connectivity index (χ4v) is 8.60. The van der Waals surface area contributed by atoms with Crippen molar-refractivity contribution < 1.29 is 45.5 Å². The molecule has 18 heteroatoms. The predicted molar refractivity (Wildman–Crippen MR) is 199 cm³/mol. The first-order valence-corrected chi connectivity index (χ1v) is 18.7. The molecule has 2 fully saturated rings. The SMILES string of the molecule is N#Cc1c(C(F)(F)F)cc(-c2ccccc2)nc1S[C@@H]1CC(=O)N(c2ccc(N3C(=O)C[C@@H](Sc4nc(-c5ccccc5)cc(C(F)(F)F)c4C#N)C3=O)cc2)C1=O. The molecule has 2 aliphatic heterocycles. The third kappa shape index (κ3) is 7.63. The Morgan fingerprint density at radius 1 is 0.569 bits per heavy atom. The molecule has 2 aromatic heterocycles. The lowest BCUT2D eigenvalue weighted by Gasteiger charge is -2.19. The van der Waals surface area contributed by atoms with E-state index in [1.807, 2.05) is 0 Å². The number of rotatable bonds is 8. The molecule has 0 unspecified atom stereocenters. The van der Waals surface area contributed by atoms with Crippen molar-refractivity contribution in [1.29, 1.82) is 10.5 Å². The molecule has 4 heterocycles. The van der Waals surface area contributed by atoms with Crippen LogP contribution in [0.2, 0.25) is 0 Å². The summed E-state index contributed by atoms with van der Waals surface area (Å²) in [6.07, 6.45) is -10.8. The van der Waals surface area contributed by atoms with E-state index in [2.05, 4.69) is 9.97 Å². The number of aromatic nitrogens is 2. The van der Waals surface area contributed by atoms with Crippen LogP contribution in [0.4, 0.5) is 37.7 Å². The number of alkyl halides is 6. The second-order valence-corrected chi connectivity index (χ2v) is 15.1. The molecule has 4 amide bonds. The molecule has 0 aliphatic carbocycles. The molecular formula is C40H22F6N6O4S2. The van der Waals surface area contributed by atoms with Crippen LogP contribution in [0.3, 0.4) is 0 Å². The number of benzene rings is 3. The number of thioether (sulfide) groups is 2. The molecule has 3 aromatic carbocycles. The fraction of sp³-hybridized carbons (Fsp3) is 0.150. The van der Waals surface area contributed by atoms with Crippen molar-refractivity contribution in [1.82, 2.24) is 9.97 Å². The van der Waals surface area contributed by atoms with Crippen LogP contribution in [0.25, 0.3) is 22.5 Å². The number of carbonyl (C=O) groups is 4. The normalized spacial score (nSPS) is 17.2. The number of amides is 4. The second kappa shape index (κ2) is 15.4. The summed E-state index contributed by atoms with van der Waals surface area (Å²) >= 11 is 1.10. The highest BCUT2D eigenvalue weighted by Crippen LogP contribution is 2.43. The van der Waals surface area contributed by atoms with Gasteiger partial charge in [0, 0.05) is 24.0 Å². The third-order valence-corrected chi connectivity index (χ3v) is 11.4. The van der Waals surface area contributed by atoms with Gasteiger partial charge >= 0.3 is 12.4 Å². The minimum Gasteiger partial charge on any atom is -0.274 e. The van der Waals surface area contributed by atoms with Gasteiger partial charge in [-0.15, -0.1) is 0 Å². The maximum absolute atomic E-state index is 14.1. The molecule has 10 nitrogen and oxygen atoms in total. The van der Waals surface area contributed by atoms with Crippen LogP contribution in [0, 0.1) is 22.7 Å². The lowest BCUT2D eigenvalue weighted by atomic mass is 10.1. The maximum Gasteiger partial charge on any atom is 0.417 e. The highest BCUT2D eigenvalue weighted by molar-refractivity contribution is 8.01. The molecule has 0 saturated carbocycles. The molecule has 2 aliphatic rings. The van der Waals surface area contributed by atoms with Crippen LogP contribution < -0.4 is 9.80 Å². The quantitative estimate of drug-likeness (QED) is 0.110. The number of pyridine rings is 2. The Labute approximate surface area is 333 Å². The van der Waals surface area contributed by atoms with Crippen molar-refractivity contribution in [2.45, 2.75) is 45.7 Å². The highest BCUT2D eigenvalue weighted by atomic mass is 32.2. The molecule has 7 rings (SSSR count). The van der Waals surface area contributed by atoms with Gasteiger partial charge in [0.05, 0.1) is 55.5 Å². The highest BCUT2D eigenvalue weighted by Gasteiger charge is 2.45. The van der Waals surface area contributed by atoms with Gasteiger partial charge in [-0.25, -0.2) is 19.8 Å². The number of hydrogen-bond donors (Lipinski definition) is 0. The van der Waals surface area contributed by atoms with Crippen LogP contribution in [-0.2, 0) is 31.5 Å². The van der Waals surface area contributed by atoms with Gasteiger partial charge in [-0.2, -0.15) is 36.9 Å². The zero-order valence-corrected chi connectivity index (χ0v) is 30.8. The first-order valence-electron chi connectivity index (χ1n) is 16.9. The summed E-state index contributed by atoms with van der Waals surface area (Å²) in [6, 6.07) is 25.4. The minimum absolute atomic E-state index is 0.00891. The van der Waals surface area contributed by atoms with E-state index in [0.29, 0.717) is 34.7 Å². The summed E-state index contributed by atoms with van der Waals surface area (Å²) in [5, 5.41) is 16.2. The van der Waals surface area contributed by atoms with Gasteiger partial charge < -0.3 is 0 Å². The number of halogens is 6. The van der Waals surface area contributed by atoms with Crippen molar-refractivity contribution in [2.75, 3.05) is 9.80 Å². The van der Waals surface area contributed by atoms with E-state index in [0.717, 1.165) is 21.9 Å². The van der Waals surface area contributed by atoms with E-state index in [9.17, 15) is 56.0 Å². The molecule has 290 valence electrons. The van der Waals surface area contributed by atoms with Gasteiger partial charge in [0.15, 0.2) is 0 Å². The minimum atomic E-state index is -4.94. The predicted octanol–water partition coefficient (Wildman–Crippen LogP) is 8.44. The Bertz CT molecular complexity index is 2400. The first kappa shape index (κ1) is 39.7. The van der Waals surface area contributed by atoms with Crippen LogP contribution >= 0.6 is 23.5 Å². The number of nitriles is 2. The van der Waals surface area contributed by atoms with Gasteiger partial charge in [0.1, 0.15) is 22.2 Å². The average molecular weight is 829 g/mol. The summed E-state index contributed by atoms with van der Waals surface area (Å²) in [7, 11) is 0. The lowest BCUT2D eigenvalue weighted by molar-refractivity contribution is -0.138.